The van der Waals surface area contributed by atoms with E-state index in [-0.39, 0.29) is 18.7 Å². The standard InChI is InChI=1S/C16H20ClN3O3.2C2H4O2/c1-22-13-4-3-12(14(17)15(13)23-2)16-18-5-6-20(16)11-7-10(9-21)19-8-11;2*1-2(3)4/h3-6,10-11,19,21H,7-9H2,1-2H3;2*1H3,(H,3,4)/t10-,11+;;/m0../s1. The highest BCUT2D eigenvalue weighted by Gasteiger charge is 2.27. The smallest absolute Gasteiger partial charge is 0.300 e. The van der Waals surface area contributed by atoms with Crippen molar-refractivity contribution in [2.45, 2.75) is 32.4 Å². The minimum atomic E-state index is -0.833. The number of benzene rings is 1. The minimum absolute atomic E-state index is 0.121. The summed E-state index contributed by atoms with van der Waals surface area (Å²) in [6, 6.07) is 4.06. The number of rotatable bonds is 5. The first-order valence-corrected chi connectivity index (χ1v) is 9.70. The number of aliphatic carboxylic acids is 2. The molecule has 0 unspecified atom stereocenters. The van der Waals surface area contributed by atoms with E-state index in [1.807, 2.05) is 18.3 Å². The van der Waals surface area contributed by atoms with Gasteiger partial charge < -0.3 is 34.7 Å². The molecule has 0 bridgehead atoms. The molecule has 172 valence electrons. The highest BCUT2D eigenvalue weighted by atomic mass is 35.5. The third-order valence-electron chi connectivity index (χ3n) is 4.21. The van der Waals surface area contributed by atoms with Crippen molar-refractivity contribution in [2.24, 2.45) is 0 Å². The van der Waals surface area contributed by atoms with E-state index in [4.69, 9.17) is 40.9 Å². The summed E-state index contributed by atoms with van der Waals surface area (Å²) in [5.41, 5.74) is 0.793. The Kier molecular flexibility index (Phi) is 10.8. The first-order valence-electron chi connectivity index (χ1n) is 9.33. The van der Waals surface area contributed by atoms with Crippen LogP contribution < -0.4 is 14.8 Å². The van der Waals surface area contributed by atoms with E-state index < -0.39 is 11.9 Å². The molecule has 10 nitrogen and oxygen atoms in total. The fourth-order valence-corrected chi connectivity index (χ4v) is 3.34. The molecule has 2 heterocycles. The number of carboxylic acid groups (broad SMARTS) is 2. The molecule has 1 aromatic carbocycles. The molecule has 3 rings (SSSR count). The lowest BCUT2D eigenvalue weighted by molar-refractivity contribution is -0.135. The number of aliphatic hydroxyl groups excluding tert-OH is 1. The van der Waals surface area contributed by atoms with E-state index in [1.165, 1.54) is 0 Å². The molecule has 1 aliphatic rings. The summed E-state index contributed by atoms with van der Waals surface area (Å²) in [5, 5.41) is 27.9. The highest BCUT2D eigenvalue weighted by molar-refractivity contribution is 6.35. The number of nitrogens with one attached hydrogen (secondary N) is 1. The summed E-state index contributed by atoms with van der Waals surface area (Å²) >= 11 is 6.50. The van der Waals surface area contributed by atoms with Gasteiger partial charge in [-0.05, 0) is 18.6 Å². The number of nitrogens with zero attached hydrogens (tertiary/aromatic N) is 2. The van der Waals surface area contributed by atoms with Crippen molar-refractivity contribution in [1.29, 1.82) is 0 Å². The van der Waals surface area contributed by atoms with Crippen LogP contribution in [0.1, 0.15) is 26.3 Å². The fourth-order valence-electron chi connectivity index (χ4n) is 3.03. The molecule has 1 saturated heterocycles. The van der Waals surface area contributed by atoms with Crippen LogP contribution in [-0.4, -0.2) is 70.2 Å². The zero-order chi connectivity index (χ0) is 23.6. The van der Waals surface area contributed by atoms with Gasteiger partial charge in [0, 0.05) is 50.4 Å². The molecule has 0 amide bonds. The maximum atomic E-state index is 9.30. The predicted molar refractivity (Wildman–Crippen MR) is 115 cm³/mol. The van der Waals surface area contributed by atoms with Crippen LogP contribution in [0.3, 0.4) is 0 Å². The second-order valence-corrected chi connectivity index (χ2v) is 6.91. The lowest BCUT2D eigenvalue weighted by Gasteiger charge is -2.17. The number of carbonyl (C=O) groups is 2. The van der Waals surface area contributed by atoms with E-state index in [1.54, 1.807) is 20.4 Å². The normalized spacial score (nSPS) is 17.0. The molecule has 0 spiro atoms. The molecular formula is C20H28ClN3O7. The number of aromatic nitrogens is 2. The van der Waals surface area contributed by atoms with Gasteiger partial charge in [-0.2, -0.15) is 0 Å². The Labute approximate surface area is 185 Å². The van der Waals surface area contributed by atoms with Crippen LogP contribution in [0.15, 0.2) is 24.5 Å². The molecule has 2 atom stereocenters. The first kappa shape index (κ1) is 26.2. The Balaban J connectivity index is 0.000000519. The number of methoxy groups -OCH3 is 2. The zero-order valence-corrected chi connectivity index (χ0v) is 18.6. The largest absolute Gasteiger partial charge is 0.493 e. The molecule has 2 aromatic rings. The SMILES string of the molecule is CC(=O)O.CC(=O)O.COc1ccc(-c2nccn2[C@H]2CN[C@H](CO)C2)c(Cl)c1OC. The second-order valence-electron chi connectivity index (χ2n) is 6.54. The van der Waals surface area contributed by atoms with Gasteiger partial charge in [0.25, 0.3) is 11.9 Å². The summed E-state index contributed by atoms with van der Waals surface area (Å²) in [4.78, 5) is 22.5. The number of hydrogen-bond donors (Lipinski definition) is 4. The van der Waals surface area contributed by atoms with Crippen LogP contribution in [0.2, 0.25) is 5.02 Å². The van der Waals surface area contributed by atoms with Crippen LogP contribution in [0.5, 0.6) is 11.5 Å². The lowest BCUT2D eigenvalue weighted by Crippen LogP contribution is -2.24. The number of imidazole rings is 1. The molecule has 31 heavy (non-hydrogen) atoms. The number of ether oxygens (including phenoxy) is 2. The van der Waals surface area contributed by atoms with Crippen molar-refractivity contribution in [2.75, 3.05) is 27.4 Å². The van der Waals surface area contributed by atoms with Gasteiger partial charge in [-0.25, -0.2) is 4.98 Å². The van der Waals surface area contributed by atoms with Gasteiger partial charge in [-0.3, -0.25) is 9.59 Å². The fraction of sp³-hybridized carbons (Fsp3) is 0.450. The maximum Gasteiger partial charge on any atom is 0.300 e. The maximum absolute atomic E-state index is 9.30. The highest BCUT2D eigenvalue weighted by Crippen LogP contribution is 2.42. The van der Waals surface area contributed by atoms with E-state index >= 15 is 0 Å². The molecule has 11 heteroatoms. The van der Waals surface area contributed by atoms with Crippen LogP contribution in [0.25, 0.3) is 11.4 Å². The molecule has 0 saturated carbocycles. The Morgan fingerprint density at radius 3 is 2.32 bits per heavy atom. The molecule has 1 aromatic heterocycles. The number of halogens is 1. The number of carboxylic acids is 2. The quantitative estimate of drug-likeness (QED) is 0.531. The first-order chi connectivity index (χ1) is 14.7. The Morgan fingerprint density at radius 1 is 1.23 bits per heavy atom. The molecule has 1 fully saturated rings. The molecule has 1 aliphatic heterocycles. The van der Waals surface area contributed by atoms with Crippen LogP contribution in [-0.2, 0) is 9.59 Å². The lowest BCUT2D eigenvalue weighted by atomic mass is 10.1. The van der Waals surface area contributed by atoms with Gasteiger partial charge in [0.05, 0.1) is 25.8 Å². The Hall–Kier alpha value is -2.82. The van der Waals surface area contributed by atoms with Crippen molar-refractivity contribution < 1.29 is 34.4 Å². The topological polar surface area (TPSA) is 143 Å². The van der Waals surface area contributed by atoms with E-state index in [2.05, 4.69) is 14.9 Å². The van der Waals surface area contributed by atoms with Gasteiger partial charge in [0.2, 0.25) is 0 Å². The molecular weight excluding hydrogens is 430 g/mol. The summed E-state index contributed by atoms with van der Waals surface area (Å²) < 4.78 is 12.7. The minimum Gasteiger partial charge on any atom is -0.493 e. The Morgan fingerprint density at radius 2 is 1.84 bits per heavy atom. The number of aliphatic hydroxyl groups is 1. The molecule has 4 N–H and O–H groups in total. The van der Waals surface area contributed by atoms with Crippen molar-refractivity contribution in [3.8, 4) is 22.9 Å². The zero-order valence-electron chi connectivity index (χ0n) is 17.8. The third kappa shape index (κ3) is 7.74. The van der Waals surface area contributed by atoms with Crippen molar-refractivity contribution in [3.05, 3.63) is 29.5 Å². The third-order valence-corrected chi connectivity index (χ3v) is 4.58. The molecule has 0 aliphatic carbocycles. The van der Waals surface area contributed by atoms with Gasteiger partial charge in [0.15, 0.2) is 11.5 Å². The van der Waals surface area contributed by atoms with E-state index in [9.17, 15) is 5.11 Å². The van der Waals surface area contributed by atoms with Crippen molar-refractivity contribution in [3.63, 3.8) is 0 Å². The monoisotopic (exact) mass is 457 g/mol. The van der Waals surface area contributed by atoms with Crippen LogP contribution in [0.4, 0.5) is 0 Å². The number of hydrogen-bond acceptors (Lipinski definition) is 7. The summed E-state index contributed by atoms with van der Waals surface area (Å²) in [6.07, 6.45) is 4.55. The van der Waals surface area contributed by atoms with E-state index in [0.717, 1.165) is 38.2 Å². The van der Waals surface area contributed by atoms with Crippen molar-refractivity contribution >= 4 is 23.5 Å². The summed E-state index contributed by atoms with van der Waals surface area (Å²) in [7, 11) is 3.14. The van der Waals surface area contributed by atoms with Gasteiger partial charge in [-0.15, -0.1) is 0 Å². The molecule has 0 radical (unpaired) electrons. The van der Waals surface area contributed by atoms with Crippen LogP contribution in [0, 0.1) is 0 Å². The van der Waals surface area contributed by atoms with Gasteiger partial charge in [0.1, 0.15) is 5.82 Å². The van der Waals surface area contributed by atoms with Gasteiger partial charge >= 0.3 is 0 Å². The predicted octanol–water partition coefficient (Wildman–Crippen LogP) is 2.30. The average molecular weight is 458 g/mol. The van der Waals surface area contributed by atoms with Gasteiger partial charge in [-0.1, -0.05) is 11.6 Å². The van der Waals surface area contributed by atoms with Crippen LogP contribution >= 0.6 is 11.6 Å². The summed E-state index contributed by atoms with van der Waals surface area (Å²) in [6.45, 7) is 3.09. The van der Waals surface area contributed by atoms with Crippen molar-refractivity contribution in [1.82, 2.24) is 14.9 Å². The van der Waals surface area contributed by atoms with E-state index in [0.29, 0.717) is 16.5 Å². The Bertz CT molecular complexity index is 852. The average Bonchev–Trinajstić information content (AvgIpc) is 3.35. The summed E-state index contributed by atoms with van der Waals surface area (Å²) in [5.74, 6) is 0.197. The second kappa shape index (κ2) is 12.8.